The number of aryl methyl sites for hydroxylation is 1. The maximum Gasteiger partial charge on any atom is 0.254 e. The number of fused-ring (bicyclic) bond motifs is 1. The smallest absolute Gasteiger partial charge is 0.254 e. The van der Waals surface area contributed by atoms with E-state index >= 15 is 0 Å². The number of piperazine rings is 1. The lowest BCUT2D eigenvalue weighted by Gasteiger charge is -2.34. The number of thiazole rings is 1. The molecular formula is C23H27N3O3S. The van der Waals surface area contributed by atoms with E-state index in [1.54, 1.807) is 17.4 Å². The largest absolute Gasteiger partial charge is 0.490 e. The SMILES string of the molecule is CCOc1ccc(C(=O)N2CCN(c3nc4c(C)cccc4s3)CC2)cc1OCC. The van der Waals surface area contributed by atoms with Crippen molar-refractivity contribution in [2.45, 2.75) is 20.8 Å². The normalized spacial score (nSPS) is 14.2. The molecule has 0 radical (unpaired) electrons. The Morgan fingerprint density at radius 3 is 2.47 bits per heavy atom. The summed E-state index contributed by atoms with van der Waals surface area (Å²) >= 11 is 1.72. The van der Waals surface area contributed by atoms with Crippen LogP contribution in [0.4, 0.5) is 5.13 Å². The lowest BCUT2D eigenvalue weighted by molar-refractivity contribution is 0.0746. The summed E-state index contributed by atoms with van der Waals surface area (Å²) < 4.78 is 12.5. The standard InChI is InChI=1S/C23H27N3O3S/c1-4-28-18-10-9-17(15-19(18)29-5-2)22(27)25-11-13-26(14-12-25)23-24-21-16(3)7-6-8-20(21)30-23/h6-10,15H,4-5,11-14H2,1-3H3. The van der Waals surface area contributed by atoms with Crippen LogP contribution in [0.25, 0.3) is 10.2 Å². The van der Waals surface area contributed by atoms with E-state index in [0.717, 1.165) is 23.7 Å². The van der Waals surface area contributed by atoms with E-state index in [9.17, 15) is 4.79 Å². The van der Waals surface area contributed by atoms with Crippen molar-refractivity contribution in [2.24, 2.45) is 0 Å². The molecule has 1 aromatic heterocycles. The molecule has 30 heavy (non-hydrogen) atoms. The van der Waals surface area contributed by atoms with Crippen LogP contribution in [-0.2, 0) is 0 Å². The highest BCUT2D eigenvalue weighted by Crippen LogP contribution is 2.32. The fourth-order valence-electron chi connectivity index (χ4n) is 3.68. The summed E-state index contributed by atoms with van der Waals surface area (Å²) in [6.07, 6.45) is 0. The number of ether oxygens (including phenoxy) is 2. The van der Waals surface area contributed by atoms with Gasteiger partial charge in [0.1, 0.15) is 0 Å². The van der Waals surface area contributed by atoms with Crippen LogP contribution in [-0.4, -0.2) is 55.2 Å². The lowest BCUT2D eigenvalue weighted by Crippen LogP contribution is -2.48. The van der Waals surface area contributed by atoms with Crippen molar-refractivity contribution in [3.8, 4) is 11.5 Å². The molecule has 2 heterocycles. The third-order valence-corrected chi connectivity index (χ3v) is 6.32. The van der Waals surface area contributed by atoms with Gasteiger partial charge < -0.3 is 19.3 Å². The second-order valence-corrected chi connectivity index (χ2v) is 8.23. The molecule has 0 aliphatic carbocycles. The minimum atomic E-state index is 0.0267. The van der Waals surface area contributed by atoms with E-state index in [2.05, 4.69) is 30.0 Å². The van der Waals surface area contributed by atoms with Gasteiger partial charge in [-0.15, -0.1) is 0 Å². The van der Waals surface area contributed by atoms with E-state index in [4.69, 9.17) is 14.5 Å². The van der Waals surface area contributed by atoms with Gasteiger partial charge in [0.2, 0.25) is 0 Å². The number of hydrogen-bond donors (Lipinski definition) is 0. The topological polar surface area (TPSA) is 54.9 Å². The quantitative estimate of drug-likeness (QED) is 0.587. The molecule has 0 saturated carbocycles. The van der Waals surface area contributed by atoms with E-state index in [1.807, 2.05) is 30.9 Å². The van der Waals surface area contributed by atoms with Gasteiger partial charge >= 0.3 is 0 Å². The Kier molecular flexibility index (Phi) is 6.08. The van der Waals surface area contributed by atoms with Crippen molar-refractivity contribution in [3.05, 3.63) is 47.5 Å². The number of carbonyl (C=O) groups is 1. The van der Waals surface area contributed by atoms with Gasteiger partial charge in [0.15, 0.2) is 16.6 Å². The molecule has 6 nitrogen and oxygen atoms in total. The predicted octanol–water partition coefficient (Wildman–Crippen LogP) is 4.36. The zero-order chi connectivity index (χ0) is 21.1. The molecule has 1 aliphatic heterocycles. The number of para-hydroxylation sites is 1. The predicted molar refractivity (Wildman–Crippen MR) is 121 cm³/mol. The van der Waals surface area contributed by atoms with Crippen LogP contribution in [0.15, 0.2) is 36.4 Å². The molecule has 1 fully saturated rings. The second-order valence-electron chi connectivity index (χ2n) is 7.22. The average Bonchev–Trinajstić information content (AvgIpc) is 3.21. The minimum Gasteiger partial charge on any atom is -0.490 e. The number of rotatable bonds is 6. The number of amides is 1. The number of hydrogen-bond acceptors (Lipinski definition) is 6. The summed E-state index contributed by atoms with van der Waals surface area (Å²) in [6.45, 7) is 9.93. The monoisotopic (exact) mass is 425 g/mol. The van der Waals surface area contributed by atoms with Gasteiger partial charge in [-0.05, 0) is 50.6 Å². The third-order valence-electron chi connectivity index (χ3n) is 5.24. The van der Waals surface area contributed by atoms with Crippen LogP contribution in [0.1, 0.15) is 29.8 Å². The Morgan fingerprint density at radius 2 is 1.77 bits per heavy atom. The fourth-order valence-corrected chi connectivity index (χ4v) is 4.77. The molecule has 1 saturated heterocycles. The summed E-state index contributed by atoms with van der Waals surface area (Å²) in [7, 11) is 0. The molecule has 4 rings (SSSR count). The zero-order valence-corrected chi connectivity index (χ0v) is 18.5. The first-order chi connectivity index (χ1) is 14.6. The summed E-state index contributed by atoms with van der Waals surface area (Å²) in [5.74, 6) is 1.32. The molecule has 7 heteroatoms. The highest BCUT2D eigenvalue weighted by molar-refractivity contribution is 7.22. The van der Waals surface area contributed by atoms with Crippen LogP contribution >= 0.6 is 11.3 Å². The molecule has 158 valence electrons. The maximum absolute atomic E-state index is 13.1. The molecule has 0 bridgehead atoms. The summed E-state index contributed by atoms with van der Waals surface area (Å²) in [5, 5.41) is 1.03. The number of benzene rings is 2. The molecule has 0 spiro atoms. The summed E-state index contributed by atoms with van der Waals surface area (Å²) in [4.78, 5) is 22.1. The first-order valence-electron chi connectivity index (χ1n) is 10.4. The summed E-state index contributed by atoms with van der Waals surface area (Å²) in [5.41, 5.74) is 2.91. The zero-order valence-electron chi connectivity index (χ0n) is 17.7. The van der Waals surface area contributed by atoms with Crippen LogP contribution < -0.4 is 14.4 Å². The molecular weight excluding hydrogens is 398 g/mol. The molecule has 1 amide bonds. The molecule has 0 atom stereocenters. The number of nitrogens with zero attached hydrogens (tertiary/aromatic N) is 3. The van der Waals surface area contributed by atoms with Crippen molar-refractivity contribution >= 4 is 32.6 Å². The van der Waals surface area contributed by atoms with Crippen molar-refractivity contribution in [1.29, 1.82) is 0 Å². The van der Waals surface area contributed by atoms with Gasteiger partial charge in [-0.2, -0.15) is 0 Å². The Balaban J connectivity index is 1.45. The van der Waals surface area contributed by atoms with Gasteiger partial charge in [-0.1, -0.05) is 23.5 Å². The highest BCUT2D eigenvalue weighted by atomic mass is 32.1. The maximum atomic E-state index is 13.1. The Labute approximate surface area is 181 Å². The van der Waals surface area contributed by atoms with E-state index in [1.165, 1.54) is 10.3 Å². The Hall–Kier alpha value is -2.80. The van der Waals surface area contributed by atoms with Crippen molar-refractivity contribution in [1.82, 2.24) is 9.88 Å². The summed E-state index contributed by atoms with van der Waals surface area (Å²) in [6, 6.07) is 11.7. The van der Waals surface area contributed by atoms with Crippen molar-refractivity contribution < 1.29 is 14.3 Å². The van der Waals surface area contributed by atoms with E-state index < -0.39 is 0 Å². The van der Waals surface area contributed by atoms with Gasteiger partial charge in [-0.25, -0.2) is 4.98 Å². The first kappa shape index (κ1) is 20.5. The Bertz CT molecular complexity index is 1040. The first-order valence-corrected chi connectivity index (χ1v) is 11.2. The number of anilines is 1. The number of carbonyl (C=O) groups excluding carboxylic acids is 1. The molecule has 0 unspecified atom stereocenters. The van der Waals surface area contributed by atoms with Gasteiger partial charge in [0.25, 0.3) is 5.91 Å². The van der Waals surface area contributed by atoms with Crippen LogP contribution in [0, 0.1) is 6.92 Å². The molecule has 2 aromatic carbocycles. The molecule has 1 aliphatic rings. The van der Waals surface area contributed by atoms with Gasteiger partial charge in [0.05, 0.1) is 23.4 Å². The molecule has 0 N–H and O–H groups in total. The number of aromatic nitrogens is 1. The lowest BCUT2D eigenvalue weighted by atomic mass is 10.1. The van der Waals surface area contributed by atoms with Crippen LogP contribution in [0.2, 0.25) is 0 Å². The van der Waals surface area contributed by atoms with Crippen LogP contribution in [0.3, 0.4) is 0 Å². The van der Waals surface area contributed by atoms with Crippen LogP contribution in [0.5, 0.6) is 11.5 Å². The third kappa shape index (κ3) is 4.07. The van der Waals surface area contributed by atoms with Crippen molar-refractivity contribution in [3.63, 3.8) is 0 Å². The van der Waals surface area contributed by atoms with Crippen molar-refractivity contribution in [2.75, 3.05) is 44.3 Å². The minimum absolute atomic E-state index is 0.0267. The highest BCUT2D eigenvalue weighted by Gasteiger charge is 2.25. The fraction of sp³-hybridized carbons (Fsp3) is 0.391. The van der Waals surface area contributed by atoms with Gasteiger partial charge in [0, 0.05) is 31.7 Å². The molecule has 3 aromatic rings. The van der Waals surface area contributed by atoms with E-state index in [-0.39, 0.29) is 5.91 Å². The van der Waals surface area contributed by atoms with Gasteiger partial charge in [-0.3, -0.25) is 4.79 Å². The Morgan fingerprint density at radius 1 is 1.03 bits per heavy atom. The second kappa shape index (κ2) is 8.92. The van der Waals surface area contributed by atoms with E-state index in [0.29, 0.717) is 43.4 Å². The average molecular weight is 426 g/mol.